The maximum atomic E-state index is 11.3. The number of aromatic carboxylic acids is 1. The molecule has 0 atom stereocenters. The predicted molar refractivity (Wildman–Crippen MR) is 81.8 cm³/mol. The second-order valence-electron chi connectivity index (χ2n) is 5.25. The van der Waals surface area contributed by atoms with E-state index in [1.807, 2.05) is 18.2 Å². The molecule has 112 valence electrons. The highest BCUT2D eigenvalue weighted by atomic mass is 16.6. The number of carboxylic acid groups (broad SMARTS) is 1. The molecule has 1 aliphatic carbocycles. The number of rotatable bonds is 4. The van der Waals surface area contributed by atoms with Gasteiger partial charge in [0.15, 0.2) is 0 Å². The molecule has 2 aromatic rings. The number of hydrogen-bond donors (Lipinski definition) is 2. The molecular weight excluding hydrogens is 284 g/mol. The van der Waals surface area contributed by atoms with Crippen LogP contribution in [0.3, 0.4) is 0 Å². The van der Waals surface area contributed by atoms with Gasteiger partial charge in [0.1, 0.15) is 0 Å². The normalized spacial score (nSPS) is 12.7. The highest BCUT2D eigenvalue weighted by Crippen LogP contribution is 2.29. The van der Waals surface area contributed by atoms with Gasteiger partial charge in [0, 0.05) is 17.8 Å². The minimum Gasteiger partial charge on any atom is -0.478 e. The Morgan fingerprint density at radius 1 is 1.14 bits per heavy atom. The van der Waals surface area contributed by atoms with Crippen LogP contribution in [-0.4, -0.2) is 16.0 Å². The van der Waals surface area contributed by atoms with E-state index in [2.05, 4.69) is 5.32 Å². The van der Waals surface area contributed by atoms with Gasteiger partial charge in [-0.1, -0.05) is 6.07 Å². The number of nitrogens with one attached hydrogen (secondary N) is 1. The summed E-state index contributed by atoms with van der Waals surface area (Å²) in [5, 5.41) is 23.1. The number of non-ortho nitro benzene ring substituents is 1. The quantitative estimate of drug-likeness (QED) is 0.665. The first-order chi connectivity index (χ1) is 10.5. The topological polar surface area (TPSA) is 92.5 Å². The summed E-state index contributed by atoms with van der Waals surface area (Å²) in [6.45, 7) is 0. The van der Waals surface area contributed by atoms with Crippen molar-refractivity contribution in [3.8, 4) is 0 Å². The van der Waals surface area contributed by atoms with Crippen LogP contribution in [0.25, 0.3) is 0 Å². The molecule has 0 spiro atoms. The zero-order chi connectivity index (χ0) is 15.7. The summed E-state index contributed by atoms with van der Waals surface area (Å²) in [7, 11) is 0. The van der Waals surface area contributed by atoms with Crippen molar-refractivity contribution >= 4 is 23.0 Å². The monoisotopic (exact) mass is 298 g/mol. The molecule has 0 radical (unpaired) electrons. The third kappa shape index (κ3) is 2.63. The summed E-state index contributed by atoms with van der Waals surface area (Å²) in [5.41, 5.74) is 3.37. The molecule has 0 aromatic heterocycles. The zero-order valence-corrected chi connectivity index (χ0v) is 11.7. The zero-order valence-electron chi connectivity index (χ0n) is 11.7. The average molecular weight is 298 g/mol. The lowest BCUT2D eigenvalue weighted by molar-refractivity contribution is -0.384. The van der Waals surface area contributed by atoms with E-state index < -0.39 is 10.9 Å². The second kappa shape index (κ2) is 5.48. The van der Waals surface area contributed by atoms with Gasteiger partial charge in [-0.2, -0.15) is 0 Å². The SMILES string of the molecule is O=C(O)c1ccc([N+](=O)[O-])cc1Nc1ccc2c(c1)CCC2. The van der Waals surface area contributed by atoms with Gasteiger partial charge in [0.2, 0.25) is 0 Å². The van der Waals surface area contributed by atoms with Crippen molar-refractivity contribution in [1.29, 1.82) is 0 Å². The number of anilines is 2. The summed E-state index contributed by atoms with van der Waals surface area (Å²) in [6.07, 6.45) is 3.19. The number of hydrogen-bond acceptors (Lipinski definition) is 4. The molecule has 0 saturated carbocycles. The molecule has 6 nitrogen and oxygen atoms in total. The van der Waals surface area contributed by atoms with E-state index in [1.165, 1.54) is 29.3 Å². The van der Waals surface area contributed by atoms with Crippen LogP contribution in [0.15, 0.2) is 36.4 Å². The molecule has 22 heavy (non-hydrogen) atoms. The number of benzene rings is 2. The summed E-state index contributed by atoms with van der Waals surface area (Å²) >= 11 is 0. The van der Waals surface area contributed by atoms with Crippen molar-refractivity contribution in [3.05, 3.63) is 63.2 Å². The molecule has 0 fully saturated rings. The molecular formula is C16H14N2O4. The van der Waals surface area contributed by atoms with E-state index in [0.717, 1.165) is 24.9 Å². The van der Waals surface area contributed by atoms with E-state index >= 15 is 0 Å². The summed E-state index contributed by atoms with van der Waals surface area (Å²) in [5.74, 6) is -1.13. The number of carboxylic acids is 1. The van der Waals surface area contributed by atoms with Crippen molar-refractivity contribution in [2.24, 2.45) is 0 Å². The van der Waals surface area contributed by atoms with Crippen LogP contribution in [-0.2, 0) is 12.8 Å². The largest absolute Gasteiger partial charge is 0.478 e. The third-order valence-electron chi connectivity index (χ3n) is 3.82. The molecule has 2 N–H and O–H groups in total. The summed E-state index contributed by atoms with van der Waals surface area (Å²) < 4.78 is 0. The lowest BCUT2D eigenvalue weighted by Gasteiger charge is -2.11. The second-order valence-corrected chi connectivity index (χ2v) is 5.25. The van der Waals surface area contributed by atoms with Gasteiger partial charge in [-0.05, 0) is 48.6 Å². The summed E-state index contributed by atoms with van der Waals surface area (Å²) in [6, 6.07) is 9.55. The fourth-order valence-corrected chi connectivity index (χ4v) is 2.74. The molecule has 1 aliphatic rings. The van der Waals surface area contributed by atoms with Gasteiger partial charge < -0.3 is 10.4 Å². The number of nitro groups is 1. The van der Waals surface area contributed by atoms with E-state index in [1.54, 1.807) is 0 Å². The van der Waals surface area contributed by atoms with Gasteiger partial charge >= 0.3 is 5.97 Å². The van der Waals surface area contributed by atoms with Crippen molar-refractivity contribution < 1.29 is 14.8 Å². The van der Waals surface area contributed by atoms with Gasteiger partial charge in [-0.15, -0.1) is 0 Å². The van der Waals surface area contributed by atoms with Crippen LogP contribution in [0, 0.1) is 10.1 Å². The molecule has 0 heterocycles. The Morgan fingerprint density at radius 2 is 1.91 bits per heavy atom. The summed E-state index contributed by atoms with van der Waals surface area (Å²) in [4.78, 5) is 21.6. The van der Waals surface area contributed by atoms with Gasteiger partial charge in [-0.25, -0.2) is 4.79 Å². The first-order valence-electron chi connectivity index (χ1n) is 6.95. The Labute approximate surface area is 126 Å². The molecule has 6 heteroatoms. The van der Waals surface area contributed by atoms with Crippen LogP contribution < -0.4 is 5.32 Å². The van der Waals surface area contributed by atoms with Crippen LogP contribution in [0.5, 0.6) is 0 Å². The first-order valence-corrected chi connectivity index (χ1v) is 6.95. The molecule has 0 amide bonds. The van der Waals surface area contributed by atoms with Crippen molar-refractivity contribution in [2.75, 3.05) is 5.32 Å². The van der Waals surface area contributed by atoms with Crippen molar-refractivity contribution in [1.82, 2.24) is 0 Å². The first kappa shape index (κ1) is 14.1. The highest BCUT2D eigenvalue weighted by Gasteiger charge is 2.16. The average Bonchev–Trinajstić information content (AvgIpc) is 2.94. The molecule has 0 aliphatic heterocycles. The van der Waals surface area contributed by atoms with Crippen LogP contribution in [0.4, 0.5) is 17.1 Å². The Morgan fingerprint density at radius 3 is 2.64 bits per heavy atom. The Bertz CT molecular complexity index is 771. The van der Waals surface area contributed by atoms with E-state index in [4.69, 9.17) is 0 Å². The lowest BCUT2D eigenvalue weighted by atomic mass is 10.1. The molecule has 0 unspecified atom stereocenters. The number of aryl methyl sites for hydroxylation is 2. The number of fused-ring (bicyclic) bond motifs is 1. The number of nitro benzene ring substituents is 1. The van der Waals surface area contributed by atoms with Crippen LogP contribution in [0.1, 0.15) is 27.9 Å². The fourth-order valence-electron chi connectivity index (χ4n) is 2.74. The fraction of sp³-hybridized carbons (Fsp3) is 0.188. The van der Waals surface area contributed by atoms with E-state index in [0.29, 0.717) is 0 Å². The smallest absolute Gasteiger partial charge is 0.337 e. The molecule has 2 aromatic carbocycles. The minimum absolute atomic E-state index is 0.00565. The Balaban J connectivity index is 1.98. The molecule has 0 saturated heterocycles. The Kier molecular flexibility index (Phi) is 3.50. The third-order valence-corrected chi connectivity index (χ3v) is 3.82. The number of carbonyl (C=O) groups is 1. The lowest BCUT2D eigenvalue weighted by Crippen LogP contribution is -2.04. The van der Waals surface area contributed by atoms with Gasteiger partial charge in [-0.3, -0.25) is 10.1 Å². The molecule has 3 rings (SSSR count). The highest BCUT2D eigenvalue weighted by molar-refractivity contribution is 5.95. The van der Waals surface area contributed by atoms with Crippen LogP contribution in [0.2, 0.25) is 0 Å². The van der Waals surface area contributed by atoms with Gasteiger partial charge in [0.05, 0.1) is 16.2 Å². The standard InChI is InChI=1S/C16H14N2O4/c19-16(20)14-7-6-13(18(21)22)9-15(14)17-12-5-4-10-2-1-3-11(10)8-12/h4-9,17H,1-3H2,(H,19,20). The minimum atomic E-state index is -1.13. The van der Waals surface area contributed by atoms with Crippen LogP contribution >= 0.6 is 0 Å². The number of nitrogens with zero attached hydrogens (tertiary/aromatic N) is 1. The van der Waals surface area contributed by atoms with Crippen molar-refractivity contribution in [2.45, 2.75) is 19.3 Å². The van der Waals surface area contributed by atoms with E-state index in [9.17, 15) is 20.0 Å². The Hall–Kier alpha value is -2.89. The maximum absolute atomic E-state index is 11.3. The maximum Gasteiger partial charge on any atom is 0.337 e. The molecule has 0 bridgehead atoms. The van der Waals surface area contributed by atoms with E-state index in [-0.39, 0.29) is 16.9 Å². The van der Waals surface area contributed by atoms with Gasteiger partial charge in [0.25, 0.3) is 5.69 Å². The van der Waals surface area contributed by atoms with Crippen molar-refractivity contribution in [3.63, 3.8) is 0 Å². The predicted octanol–water partition coefficient (Wildman–Crippen LogP) is 3.53.